The van der Waals surface area contributed by atoms with Gasteiger partial charge in [-0.25, -0.2) is 4.79 Å². The molecule has 2 nitrogen and oxygen atoms in total. The topological polar surface area (TPSA) is 37.3 Å². The van der Waals surface area contributed by atoms with Crippen LogP contribution in [0.3, 0.4) is 0 Å². The van der Waals surface area contributed by atoms with E-state index in [2.05, 4.69) is 6.58 Å². The zero-order chi connectivity index (χ0) is 6.85. The van der Waals surface area contributed by atoms with Gasteiger partial charge in [0.1, 0.15) is 0 Å². The predicted octanol–water partition coefficient (Wildman–Crippen LogP) is 1.43. The number of carboxylic acids is 1. The second kappa shape index (κ2) is 2.21. The summed E-state index contributed by atoms with van der Waals surface area (Å²) >= 11 is 0. The lowest BCUT2D eigenvalue weighted by atomic mass is 10.1. The Morgan fingerprint density at radius 1 is 1.67 bits per heavy atom. The summed E-state index contributed by atoms with van der Waals surface area (Å²) in [4.78, 5) is 10.2. The molecular weight excluding hydrogens is 116 g/mol. The normalized spacial score (nSPS) is 17.3. The number of carbonyl (C=O) groups is 1. The first-order chi connectivity index (χ1) is 4.20. The second-order valence-electron chi connectivity index (χ2n) is 2.56. The first kappa shape index (κ1) is 6.33. The molecule has 1 N–H and O–H groups in total. The van der Waals surface area contributed by atoms with Gasteiger partial charge in [-0.15, -0.1) is 0 Å². The van der Waals surface area contributed by atoms with Crippen molar-refractivity contribution < 1.29 is 9.90 Å². The molecule has 0 heterocycles. The maximum absolute atomic E-state index is 10.2. The molecule has 0 bridgehead atoms. The number of aliphatic carboxylic acids is 1. The van der Waals surface area contributed by atoms with Crippen molar-refractivity contribution in [1.82, 2.24) is 0 Å². The average Bonchev–Trinajstić information content (AvgIpc) is 2.50. The van der Waals surface area contributed by atoms with Crippen LogP contribution in [0.4, 0.5) is 0 Å². The van der Waals surface area contributed by atoms with E-state index >= 15 is 0 Å². The molecule has 0 radical (unpaired) electrons. The van der Waals surface area contributed by atoms with Gasteiger partial charge in [-0.2, -0.15) is 0 Å². The van der Waals surface area contributed by atoms with E-state index in [1.165, 1.54) is 12.8 Å². The van der Waals surface area contributed by atoms with Gasteiger partial charge in [0.2, 0.25) is 0 Å². The zero-order valence-electron chi connectivity index (χ0n) is 5.26. The van der Waals surface area contributed by atoms with Gasteiger partial charge >= 0.3 is 5.97 Å². The summed E-state index contributed by atoms with van der Waals surface area (Å²) in [6.07, 6.45) is 3.06. The third kappa shape index (κ3) is 1.88. The lowest BCUT2D eigenvalue weighted by Crippen LogP contribution is -1.98. The summed E-state index contributed by atoms with van der Waals surface area (Å²) < 4.78 is 0. The van der Waals surface area contributed by atoms with Crippen LogP contribution in [-0.4, -0.2) is 11.1 Å². The van der Waals surface area contributed by atoms with E-state index in [4.69, 9.17) is 5.11 Å². The summed E-state index contributed by atoms with van der Waals surface area (Å²) in [7, 11) is 0. The molecule has 0 spiro atoms. The fourth-order valence-electron chi connectivity index (χ4n) is 0.758. The highest BCUT2D eigenvalue weighted by molar-refractivity contribution is 5.85. The monoisotopic (exact) mass is 126 g/mol. The van der Waals surface area contributed by atoms with Crippen LogP contribution in [0, 0.1) is 5.92 Å². The largest absolute Gasteiger partial charge is 0.478 e. The van der Waals surface area contributed by atoms with E-state index in [1.807, 2.05) is 0 Å². The van der Waals surface area contributed by atoms with E-state index in [9.17, 15) is 4.79 Å². The van der Waals surface area contributed by atoms with Gasteiger partial charge in [0.05, 0.1) is 0 Å². The minimum absolute atomic E-state index is 0.359. The molecule has 0 aliphatic heterocycles. The number of hydrogen-bond acceptors (Lipinski definition) is 1. The quantitative estimate of drug-likeness (QED) is 0.581. The molecule has 0 saturated heterocycles. The van der Waals surface area contributed by atoms with Crippen LogP contribution in [0.5, 0.6) is 0 Å². The third-order valence-electron chi connectivity index (χ3n) is 1.53. The van der Waals surface area contributed by atoms with Crippen molar-refractivity contribution in [1.29, 1.82) is 0 Å². The van der Waals surface area contributed by atoms with Crippen LogP contribution in [0.2, 0.25) is 0 Å². The Morgan fingerprint density at radius 3 is 2.56 bits per heavy atom. The fraction of sp³-hybridized carbons (Fsp3) is 0.571. The van der Waals surface area contributed by atoms with Crippen LogP contribution in [-0.2, 0) is 4.79 Å². The Kier molecular flexibility index (Phi) is 1.56. The summed E-state index contributed by atoms with van der Waals surface area (Å²) in [5.74, 6) is -0.212. The number of carboxylic acid groups (broad SMARTS) is 1. The first-order valence-corrected chi connectivity index (χ1v) is 3.11. The average molecular weight is 126 g/mol. The van der Waals surface area contributed by atoms with Crippen LogP contribution < -0.4 is 0 Å². The highest BCUT2D eigenvalue weighted by Crippen LogP contribution is 2.34. The summed E-state index contributed by atoms with van der Waals surface area (Å²) in [6.45, 7) is 3.43. The number of hydrogen-bond donors (Lipinski definition) is 1. The second-order valence-corrected chi connectivity index (χ2v) is 2.56. The van der Waals surface area contributed by atoms with Gasteiger partial charge < -0.3 is 5.11 Å². The van der Waals surface area contributed by atoms with E-state index in [0.717, 1.165) is 0 Å². The molecule has 1 saturated carbocycles. The molecule has 1 aliphatic rings. The van der Waals surface area contributed by atoms with Gasteiger partial charge in [0, 0.05) is 5.57 Å². The van der Waals surface area contributed by atoms with Crippen molar-refractivity contribution in [3.05, 3.63) is 12.2 Å². The minimum Gasteiger partial charge on any atom is -0.478 e. The van der Waals surface area contributed by atoms with Gasteiger partial charge in [0.15, 0.2) is 0 Å². The molecule has 1 rings (SSSR count). The molecule has 2 heteroatoms. The van der Waals surface area contributed by atoms with E-state index in [-0.39, 0.29) is 0 Å². The molecule has 0 aromatic heterocycles. The maximum atomic E-state index is 10.2. The van der Waals surface area contributed by atoms with Crippen LogP contribution >= 0.6 is 0 Å². The Hall–Kier alpha value is -0.790. The Balaban J connectivity index is 2.25. The molecule has 0 aromatic rings. The molecule has 0 unspecified atom stereocenters. The molecule has 50 valence electrons. The third-order valence-corrected chi connectivity index (χ3v) is 1.53. The lowest BCUT2D eigenvalue weighted by molar-refractivity contribution is -0.132. The van der Waals surface area contributed by atoms with Crippen LogP contribution in [0.25, 0.3) is 0 Å². The van der Waals surface area contributed by atoms with Gasteiger partial charge in [0.25, 0.3) is 0 Å². The van der Waals surface area contributed by atoms with E-state index in [0.29, 0.717) is 17.9 Å². The molecule has 0 amide bonds. The summed E-state index contributed by atoms with van der Waals surface area (Å²) in [5, 5.41) is 8.36. The summed E-state index contributed by atoms with van der Waals surface area (Å²) in [5.41, 5.74) is 0.359. The molecule has 0 aromatic carbocycles. The van der Waals surface area contributed by atoms with Crippen molar-refractivity contribution in [3.63, 3.8) is 0 Å². The maximum Gasteiger partial charge on any atom is 0.330 e. The van der Waals surface area contributed by atoms with Crippen molar-refractivity contribution in [3.8, 4) is 0 Å². The highest BCUT2D eigenvalue weighted by Gasteiger charge is 2.23. The highest BCUT2D eigenvalue weighted by atomic mass is 16.4. The van der Waals surface area contributed by atoms with Gasteiger partial charge in [-0.3, -0.25) is 0 Å². The lowest BCUT2D eigenvalue weighted by Gasteiger charge is -1.94. The molecule has 1 fully saturated rings. The first-order valence-electron chi connectivity index (χ1n) is 3.11. The van der Waals surface area contributed by atoms with Crippen molar-refractivity contribution in [2.24, 2.45) is 5.92 Å². The predicted molar refractivity (Wildman–Crippen MR) is 34.1 cm³/mol. The SMILES string of the molecule is C=C(CC1CC1)C(=O)O. The van der Waals surface area contributed by atoms with Crippen molar-refractivity contribution >= 4 is 5.97 Å². The molecular formula is C7H10O2. The standard InChI is InChI=1S/C7H10O2/c1-5(7(8)9)4-6-2-3-6/h6H,1-4H2,(H,8,9). The molecule has 9 heavy (non-hydrogen) atoms. The molecule has 1 aliphatic carbocycles. The van der Waals surface area contributed by atoms with Crippen molar-refractivity contribution in [2.75, 3.05) is 0 Å². The van der Waals surface area contributed by atoms with Crippen LogP contribution in [0.1, 0.15) is 19.3 Å². The van der Waals surface area contributed by atoms with Gasteiger partial charge in [-0.05, 0) is 25.2 Å². The Bertz CT molecular complexity index is 145. The van der Waals surface area contributed by atoms with Crippen LogP contribution in [0.15, 0.2) is 12.2 Å². The summed E-state index contributed by atoms with van der Waals surface area (Å²) in [6, 6.07) is 0. The van der Waals surface area contributed by atoms with Crippen molar-refractivity contribution in [2.45, 2.75) is 19.3 Å². The minimum atomic E-state index is -0.845. The fourth-order valence-corrected chi connectivity index (χ4v) is 0.758. The van der Waals surface area contributed by atoms with E-state index < -0.39 is 5.97 Å². The Morgan fingerprint density at radius 2 is 2.22 bits per heavy atom. The Labute approximate surface area is 54.2 Å². The van der Waals surface area contributed by atoms with E-state index in [1.54, 1.807) is 0 Å². The molecule has 0 atom stereocenters. The number of rotatable bonds is 3. The smallest absolute Gasteiger partial charge is 0.330 e. The van der Waals surface area contributed by atoms with Gasteiger partial charge in [-0.1, -0.05) is 6.58 Å². The zero-order valence-corrected chi connectivity index (χ0v) is 5.26.